The van der Waals surface area contributed by atoms with Gasteiger partial charge in [0.1, 0.15) is 15.8 Å². The molecule has 1 aromatic heterocycles. The van der Waals surface area contributed by atoms with Crippen LogP contribution < -0.4 is 9.47 Å². The van der Waals surface area contributed by atoms with E-state index in [4.69, 9.17) is 26.1 Å². The maximum absolute atomic E-state index is 13.5. The van der Waals surface area contributed by atoms with Gasteiger partial charge in [-0.25, -0.2) is 0 Å². The van der Waals surface area contributed by atoms with Gasteiger partial charge < -0.3 is 19.0 Å². The van der Waals surface area contributed by atoms with Crippen LogP contribution in [0, 0.1) is 23.7 Å². The highest BCUT2D eigenvalue weighted by Gasteiger charge is 2.53. The van der Waals surface area contributed by atoms with Crippen LogP contribution in [0.3, 0.4) is 0 Å². The summed E-state index contributed by atoms with van der Waals surface area (Å²) in [5, 5.41) is 10.2. The molecule has 0 radical (unpaired) electrons. The summed E-state index contributed by atoms with van der Waals surface area (Å²) in [4.78, 5) is 16.0. The fraction of sp³-hybridized carbons (Fsp3) is 0.462. The van der Waals surface area contributed by atoms with Crippen molar-refractivity contribution in [2.24, 2.45) is 23.7 Å². The number of thiocarbonyl (C=S) groups is 1. The van der Waals surface area contributed by atoms with Gasteiger partial charge in [-0.05, 0) is 80.0 Å². The third-order valence-electron chi connectivity index (χ3n) is 7.96. The minimum absolute atomic E-state index is 0.0124. The van der Waals surface area contributed by atoms with E-state index in [0.717, 1.165) is 11.8 Å². The number of carbonyl (C=O) groups is 1. The molecule has 7 rings (SSSR count). The summed E-state index contributed by atoms with van der Waals surface area (Å²) in [5.74, 6) is 4.59. The molecular weight excluding hydrogens is 470 g/mol. The van der Waals surface area contributed by atoms with E-state index in [2.05, 4.69) is 0 Å². The summed E-state index contributed by atoms with van der Waals surface area (Å²) in [7, 11) is 2.97. The normalized spacial score (nSPS) is 31.1. The number of carbonyl (C=O) groups excluding carboxylic acids is 1. The van der Waals surface area contributed by atoms with Crippen LogP contribution in [0.1, 0.15) is 37.9 Å². The lowest BCUT2D eigenvalue weighted by atomic mass is 9.54. The van der Waals surface area contributed by atoms with E-state index in [9.17, 15) is 9.90 Å². The molecule has 2 aromatic rings. The molecule has 4 saturated carbocycles. The van der Waals surface area contributed by atoms with Gasteiger partial charge in [-0.1, -0.05) is 24.0 Å². The average Bonchev–Trinajstić information content (AvgIpc) is 3.38. The van der Waals surface area contributed by atoms with E-state index in [1.54, 1.807) is 18.2 Å². The lowest BCUT2D eigenvalue weighted by molar-refractivity contribution is -0.130. The predicted molar refractivity (Wildman–Crippen MR) is 135 cm³/mol. The number of amides is 1. The van der Waals surface area contributed by atoms with Crippen molar-refractivity contribution in [1.29, 1.82) is 0 Å². The number of furan rings is 1. The Morgan fingerprint density at radius 2 is 1.68 bits per heavy atom. The summed E-state index contributed by atoms with van der Waals surface area (Å²) in [6, 6.07) is 7.29. The zero-order chi connectivity index (χ0) is 23.6. The second-order valence-electron chi connectivity index (χ2n) is 9.90. The van der Waals surface area contributed by atoms with E-state index in [0.29, 0.717) is 49.6 Å². The van der Waals surface area contributed by atoms with Gasteiger partial charge in [-0.3, -0.25) is 9.69 Å². The molecule has 5 aliphatic rings. The second-order valence-corrected chi connectivity index (χ2v) is 11.6. The lowest BCUT2D eigenvalue weighted by Crippen LogP contribution is -2.57. The highest BCUT2D eigenvalue weighted by atomic mass is 32.2. The van der Waals surface area contributed by atoms with Crippen molar-refractivity contribution in [1.82, 2.24) is 4.90 Å². The van der Waals surface area contributed by atoms with Gasteiger partial charge in [0.25, 0.3) is 5.91 Å². The maximum atomic E-state index is 13.5. The van der Waals surface area contributed by atoms with Crippen molar-refractivity contribution >= 4 is 40.3 Å². The topological polar surface area (TPSA) is 72.1 Å². The Kier molecular flexibility index (Phi) is 5.41. The van der Waals surface area contributed by atoms with Crippen LogP contribution in [0.15, 0.2) is 33.6 Å². The van der Waals surface area contributed by atoms with Crippen LogP contribution in [0.5, 0.6) is 17.2 Å². The van der Waals surface area contributed by atoms with Crippen molar-refractivity contribution in [2.45, 2.75) is 38.1 Å². The molecule has 1 aliphatic heterocycles. The van der Waals surface area contributed by atoms with Gasteiger partial charge in [0, 0.05) is 17.7 Å². The Labute approximate surface area is 208 Å². The quantitative estimate of drug-likeness (QED) is 0.420. The van der Waals surface area contributed by atoms with Gasteiger partial charge in [0.05, 0.1) is 19.1 Å². The molecule has 2 heterocycles. The SMILES string of the molecule is COc1cc(-c2ccc(C=C3SC(=S)N(C4C5CC6CC(C5)CC4C6)C3=O)o2)cc(OC)c1O. The molecule has 0 atom stereocenters. The number of hydrogen-bond donors (Lipinski definition) is 1. The Balaban J connectivity index is 1.25. The van der Waals surface area contributed by atoms with Crippen LogP contribution in [0.25, 0.3) is 17.4 Å². The maximum Gasteiger partial charge on any atom is 0.266 e. The molecule has 4 bridgehead atoms. The van der Waals surface area contributed by atoms with Gasteiger partial charge in [-0.2, -0.15) is 0 Å². The number of hydrogen-bond acceptors (Lipinski definition) is 7. The number of nitrogens with zero attached hydrogens (tertiary/aromatic N) is 1. The number of benzene rings is 1. The van der Waals surface area contributed by atoms with E-state index in [1.165, 1.54) is 58.1 Å². The summed E-state index contributed by atoms with van der Waals surface area (Å²) in [6.45, 7) is 0. The molecule has 178 valence electrons. The van der Waals surface area contributed by atoms with Crippen molar-refractivity contribution < 1.29 is 23.8 Å². The average molecular weight is 498 g/mol. The van der Waals surface area contributed by atoms with Crippen LogP contribution >= 0.6 is 24.0 Å². The molecule has 1 amide bonds. The third-order valence-corrected chi connectivity index (χ3v) is 9.29. The van der Waals surface area contributed by atoms with E-state index in [1.807, 2.05) is 17.0 Å². The number of phenols is 1. The number of rotatable bonds is 5. The molecule has 4 aliphatic carbocycles. The Hall–Kier alpha value is -2.45. The molecule has 5 fully saturated rings. The molecule has 0 unspecified atom stereocenters. The van der Waals surface area contributed by atoms with Crippen LogP contribution in [-0.4, -0.2) is 40.5 Å². The van der Waals surface area contributed by atoms with Crippen molar-refractivity contribution in [3.8, 4) is 28.6 Å². The van der Waals surface area contributed by atoms with Gasteiger partial charge >= 0.3 is 0 Å². The van der Waals surface area contributed by atoms with Crippen molar-refractivity contribution in [2.75, 3.05) is 14.2 Å². The molecule has 1 saturated heterocycles. The smallest absolute Gasteiger partial charge is 0.266 e. The fourth-order valence-corrected chi connectivity index (χ4v) is 8.13. The highest BCUT2D eigenvalue weighted by Crippen LogP contribution is 2.56. The first-order chi connectivity index (χ1) is 16.4. The van der Waals surface area contributed by atoms with Crippen LogP contribution in [-0.2, 0) is 4.79 Å². The molecule has 1 aromatic carbocycles. The minimum Gasteiger partial charge on any atom is -0.502 e. The first-order valence-electron chi connectivity index (χ1n) is 11.8. The molecule has 34 heavy (non-hydrogen) atoms. The van der Waals surface area contributed by atoms with E-state index < -0.39 is 0 Å². The summed E-state index contributed by atoms with van der Waals surface area (Å²) >= 11 is 7.08. The Bertz CT molecular complexity index is 1150. The molecule has 8 heteroatoms. The number of methoxy groups -OCH3 is 2. The minimum atomic E-state index is -0.0611. The standard InChI is InChI=1S/C26H27NO5S2/c1-30-20-10-15(11-21(31-2)24(20)28)19-4-3-18(32-19)12-22-25(29)27(26(33)34-22)23-16-6-13-5-14(8-16)9-17(23)7-13/h3-4,10-14,16-17,23,28H,5-9H2,1-2H3. The summed E-state index contributed by atoms with van der Waals surface area (Å²) < 4.78 is 17.2. The largest absolute Gasteiger partial charge is 0.502 e. The summed E-state index contributed by atoms with van der Waals surface area (Å²) in [6.07, 6.45) is 8.15. The van der Waals surface area contributed by atoms with Gasteiger partial charge in [0.15, 0.2) is 11.5 Å². The Morgan fingerprint density at radius 1 is 1.06 bits per heavy atom. The van der Waals surface area contributed by atoms with E-state index in [-0.39, 0.29) is 17.7 Å². The van der Waals surface area contributed by atoms with Gasteiger partial charge in [-0.15, -0.1) is 0 Å². The number of ether oxygens (including phenoxy) is 2. The fourth-order valence-electron chi connectivity index (χ4n) is 6.81. The first kappa shape index (κ1) is 22.0. The third kappa shape index (κ3) is 3.53. The van der Waals surface area contributed by atoms with Crippen LogP contribution in [0.4, 0.5) is 0 Å². The zero-order valence-corrected chi connectivity index (χ0v) is 20.8. The monoisotopic (exact) mass is 497 g/mol. The lowest BCUT2D eigenvalue weighted by Gasteiger charge is -2.56. The zero-order valence-electron chi connectivity index (χ0n) is 19.2. The predicted octanol–water partition coefficient (Wildman–Crippen LogP) is 5.70. The number of aromatic hydroxyl groups is 1. The number of thioether (sulfide) groups is 1. The number of phenolic OH excluding ortho intramolecular Hbond substituents is 1. The highest BCUT2D eigenvalue weighted by molar-refractivity contribution is 8.26. The van der Waals surface area contributed by atoms with Crippen molar-refractivity contribution in [3.05, 3.63) is 34.9 Å². The molecule has 6 nitrogen and oxygen atoms in total. The van der Waals surface area contributed by atoms with Crippen molar-refractivity contribution in [3.63, 3.8) is 0 Å². The molecular formula is C26H27NO5S2. The van der Waals surface area contributed by atoms with E-state index >= 15 is 0 Å². The second kappa shape index (κ2) is 8.34. The molecule has 1 N–H and O–H groups in total. The van der Waals surface area contributed by atoms with Gasteiger partial charge in [0.2, 0.25) is 5.75 Å². The summed E-state index contributed by atoms with van der Waals surface area (Å²) in [5.41, 5.74) is 0.701. The molecule has 0 spiro atoms. The van der Waals surface area contributed by atoms with Crippen LogP contribution in [0.2, 0.25) is 0 Å². The Morgan fingerprint density at radius 3 is 2.26 bits per heavy atom. The first-order valence-corrected chi connectivity index (χ1v) is 13.0.